The molecule has 140 valence electrons. The summed E-state index contributed by atoms with van der Waals surface area (Å²) in [7, 11) is -1.08. The Bertz CT molecular complexity index is 684. The number of hydrogen-bond donors (Lipinski definition) is 1. The average Bonchev–Trinajstić information content (AvgIpc) is 3.16. The Balaban J connectivity index is 0.00000225. The maximum Gasteiger partial charge on any atom is 0.213 e. The van der Waals surface area contributed by atoms with E-state index in [1.165, 1.54) is 0 Å². The molecule has 1 N–H and O–H groups in total. The highest BCUT2D eigenvalue weighted by molar-refractivity contribution is 14.0. The number of aliphatic imine (C=N–C) groups is 1. The van der Waals surface area contributed by atoms with Crippen LogP contribution >= 0.6 is 24.0 Å². The molecule has 0 bridgehead atoms. The average molecular weight is 480 g/mol. The van der Waals surface area contributed by atoms with Crippen molar-refractivity contribution in [1.82, 2.24) is 15.2 Å². The first-order valence-corrected chi connectivity index (χ1v) is 10.1. The zero-order valence-electron chi connectivity index (χ0n) is 14.3. The van der Waals surface area contributed by atoms with Crippen molar-refractivity contribution < 1.29 is 13.2 Å². The van der Waals surface area contributed by atoms with Crippen LogP contribution in [0.2, 0.25) is 0 Å². The lowest BCUT2D eigenvalue weighted by atomic mass is 10.1. The molecule has 0 spiro atoms. The quantitative estimate of drug-likeness (QED) is 0.396. The Morgan fingerprint density at radius 1 is 1.44 bits per heavy atom. The van der Waals surface area contributed by atoms with Crippen molar-refractivity contribution in [2.24, 2.45) is 10.9 Å². The summed E-state index contributed by atoms with van der Waals surface area (Å²) in [4.78, 5) is 10.7. The molecule has 25 heavy (non-hydrogen) atoms. The Hall–Kier alpha value is -1.10. The van der Waals surface area contributed by atoms with Crippen LogP contribution in [-0.4, -0.2) is 68.6 Å². The largest absolute Gasteiger partial charge is 0.472 e. The normalized spacial score (nSPS) is 25.5. The SMILES string of the molecule is CN=C(NCC1CCS(=O)(=O)C1)N1CCC(Oc2ccccn2)C1.I. The molecule has 1 aromatic rings. The minimum atomic E-state index is -2.83. The molecule has 1 aromatic heterocycles. The summed E-state index contributed by atoms with van der Waals surface area (Å²) in [6, 6.07) is 5.63. The molecule has 0 amide bonds. The van der Waals surface area contributed by atoms with Gasteiger partial charge in [0, 0.05) is 38.8 Å². The van der Waals surface area contributed by atoms with Gasteiger partial charge in [-0.25, -0.2) is 13.4 Å². The third kappa shape index (κ3) is 5.70. The molecular weight excluding hydrogens is 455 g/mol. The summed E-state index contributed by atoms with van der Waals surface area (Å²) in [6.45, 7) is 2.26. The molecule has 0 aromatic carbocycles. The van der Waals surface area contributed by atoms with E-state index in [1.807, 2.05) is 18.2 Å². The van der Waals surface area contributed by atoms with E-state index in [9.17, 15) is 8.42 Å². The molecule has 2 atom stereocenters. The van der Waals surface area contributed by atoms with E-state index in [4.69, 9.17) is 4.74 Å². The second-order valence-electron chi connectivity index (χ2n) is 6.34. The Morgan fingerprint density at radius 3 is 2.92 bits per heavy atom. The van der Waals surface area contributed by atoms with Crippen molar-refractivity contribution in [3.8, 4) is 5.88 Å². The third-order valence-electron chi connectivity index (χ3n) is 4.46. The van der Waals surface area contributed by atoms with Gasteiger partial charge in [0.1, 0.15) is 6.10 Å². The van der Waals surface area contributed by atoms with Crippen molar-refractivity contribution in [1.29, 1.82) is 0 Å². The van der Waals surface area contributed by atoms with Gasteiger partial charge in [-0.3, -0.25) is 4.99 Å². The lowest BCUT2D eigenvalue weighted by molar-refractivity contribution is 0.205. The number of ether oxygens (including phenoxy) is 1. The van der Waals surface area contributed by atoms with Gasteiger partial charge in [-0.2, -0.15) is 0 Å². The fourth-order valence-corrected chi connectivity index (χ4v) is 5.07. The van der Waals surface area contributed by atoms with Gasteiger partial charge in [0.2, 0.25) is 5.88 Å². The van der Waals surface area contributed by atoms with Gasteiger partial charge in [0.25, 0.3) is 0 Å². The van der Waals surface area contributed by atoms with Gasteiger partial charge in [0.15, 0.2) is 15.8 Å². The molecule has 0 radical (unpaired) electrons. The van der Waals surface area contributed by atoms with E-state index < -0.39 is 9.84 Å². The summed E-state index contributed by atoms with van der Waals surface area (Å²) in [6.07, 6.45) is 3.45. The zero-order valence-corrected chi connectivity index (χ0v) is 17.4. The molecule has 3 heterocycles. The number of likely N-dealkylation sites (tertiary alicyclic amines) is 1. The van der Waals surface area contributed by atoms with Crippen molar-refractivity contribution in [3.63, 3.8) is 0 Å². The highest BCUT2D eigenvalue weighted by Gasteiger charge is 2.30. The standard InChI is InChI=1S/C16H24N4O3S.HI/c1-17-16(19-10-13-6-9-24(21,22)12-13)20-8-5-14(11-20)23-15-4-2-3-7-18-15;/h2-4,7,13-14H,5-6,8-12H2,1H3,(H,17,19);1H. The Labute approximate surface area is 166 Å². The summed E-state index contributed by atoms with van der Waals surface area (Å²) < 4.78 is 29.0. The zero-order chi connectivity index (χ0) is 17.0. The second kappa shape index (κ2) is 9.02. The van der Waals surface area contributed by atoms with E-state index in [0.29, 0.717) is 18.2 Å². The number of sulfone groups is 1. The third-order valence-corrected chi connectivity index (χ3v) is 6.29. The maximum atomic E-state index is 11.5. The van der Waals surface area contributed by atoms with E-state index in [-0.39, 0.29) is 41.8 Å². The molecule has 0 aliphatic carbocycles. The number of hydrogen-bond acceptors (Lipinski definition) is 5. The maximum absolute atomic E-state index is 11.5. The predicted molar refractivity (Wildman–Crippen MR) is 108 cm³/mol. The first-order valence-electron chi connectivity index (χ1n) is 8.29. The minimum absolute atomic E-state index is 0. The first kappa shape index (κ1) is 20.2. The van der Waals surface area contributed by atoms with Gasteiger partial charge < -0.3 is 15.0 Å². The van der Waals surface area contributed by atoms with Gasteiger partial charge in [0.05, 0.1) is 18.1 Å². The number of nitrogens with zero attached hydrogens (tertiary/aromatic N) is 3. The fourth-order valence-electron chi connectivity index (χ4n) is 3.21. The van der Waals surface area contributed by atoms with Crippen LogP contribution in [0, 0.1) is 5.92 Å². The van der Waals surface area contributed by atoms with Crippen LogP contribution in [0.1, 0.15) is 12.8 Å². The molecule has 2 aliphatic heterocycles. The lowest BCUT2D eigenvalue weighted by Gasteiger charge is -2.22. The van der Waals surface area contributed by atoms with Crippen LogP contribution < -0.4 is 10.1 Å². The highest BCUT2D eigenvalue weighted by Crippen LogP contribution is 2.19. The van der Waals surface area contributed by atoms with E-state index in [2.05, 4.69) is 20.2 Å². The number of aromatic nitrogens is 1. The van der Waals surface area contributed by atoms with Crippen LogP contribution in [0.4, 0.5) is 0 Å². The summed E-state index contributed by atoms with van der Waals surface area (Å²) in [5.74, 6) is 2.22. The van der Waals surface area contributed by atoms with E-state index in [0.717, 1.165) is 31.9 Å². The molecule has 2 saturated heterocycles. The number of nitrogens with one attached hydrogen (secondary N) is 1. The predicted octanol–water partition coefficient (Wildman–Crippen LogP) is 1.16. The fraction of sp³-hybridized carbons (Fsp3) is 0.625. The van der Waals surface area contributed by atoms with Crippen molar-refractivity contribution >= 4 is 39.8 Å². The van der Waals surface area contributed by atoms with Crippen LogP contribution in [0.3, 0.4) is 0 Å². The lowest BCUT2D eigenvalue weighted by Crippen LogP contribution is -2.42. The second-order valence-corrected chi connectivity index (χ2v) is 8.57. The molecule has 2 unspecified atom stereocenters. The van der Waals surface area contributed by atoms with Crippen LogP contribution in [0.15, 0.2) is 29.4 Å². The monoisotopic (exact) mass is 480 g/mol. The van der Waals surface area contributed by atoms with Gasteiger partial charge >= 0.3 is 0 Å². The smallest absolute Gasteiger partial charge is 0.213 e. The molecule has 0 saturated carbocycles. The number of halogens is 1. The number of pyridine rings is 1. The van der Waals surface area contributed by atoms with Crippen LogP contribution in [-0.2, 0) is 9.84 Å². The highest BCUT2D eigenvalue weighted by atomic mass is 127. The number of guanidine groups is 1. The molecular formula is C16H25IN4O3S. The first-order chi connectivity index (χ1) is 11.6. The van der Waals surface area contributed by atoms with Gasteiger partial charge in [-0.15, -0.1) is 24.0 Å². The molecule has 7 nitrogen and oxygen atoms in total. The van der Waals surface area contributed by atoms with Gasteiger partial charge in [-0.1, -0.05) is 6.07 Å². The van der Waals surface area contributed by atoms with E-state index in [1.54, 1.807) is 13.2 Å². The molecule has 2 fully saturated rings. The van der Waals surface area contributed by atoms with E-state index >= 15 is 0 Å². The van der Waals surface area contributed by atoms with Crippen LogP contribution in [0.25, 0.3) is 0 Å². The van der Waals surface area contributed by atoms with Crippen molar-refractivity contribution in [2.45, 2.75) is 18.9 Å². The number of rotatable bonds is 4. The summed E-state index contributed by atoms with van der Waals surface area (Å²) >= 11 is 0. The topological polar surface area (TPSA) is 83.9 Å². The van der Waals surface area contributed by atoms with Crippen LogP contribution in [0.5, 0.6) is 5.88 Å². The van der Waals surface area contributed by atoms with Crippen molar-refractivity contribution in [2.75, 3.05) is 38.2 Å². The minimum Gasteiger partial charge on any atom is -0.472 e. The Kier molecular flexibility index (Phi) is 7.29. The molecule has 3 rings (SSSR count). The molecule has 2 aliphatic rings. The van der Waals surface area contributed by atoms with Crippen molar-refractivity contribution in [3.05, 3.63) is 24.4 Å². The van der Waals surface area contributed by atoms with Gasteiger partial charge in [-0.05, 0) is 18.4 Å². The summed E-state index contributed by atoms with van der Waals surface area (Å²) in [5.41, 5.74) is 0. The Morgan fingerprint density at radius 2 is 2.28 bits per heavy atom. The molecule has 9 heteroatoms. The summed E-state index contributed by atoms with van der Waals surface area (Å²) in [5, 5.41) is 3.32.